The summed E-state index contributed by atoms with van der Waals surface area (Å²) in [6.07, 6.45) is 0.350. The normalized spacial score (nSPS) is 13.3. The topological polar surface area (TPSA) is 70.1 Å². The van der Waals surface area contributed by atoms with E-state index in [4.69, 9.17) is 0 Å². The molecule has 0 saturated carbocycles. The van der Waals surface area contributed by atoms with Gasteiger partial charge in [0.25, 0.3) is 5.91 Å². The van der Waals surface area contributed by atoms with Gasteiger partial charge in [-0.05, 0) is 42.3 Å². The molecule has 35 heavy (non-hydrogen) atoms. The fourth-order valence-electron chi connectivity index (χ4n) is 4.57. The van der Waals surface area contributed by atoms with Gasteiger partial charge >= 0.3 is 0 Å². The van der Waals surface area contributed by atoms with E-state index in [1.807, 2.05) is 45.9 Å². The standard InChI is InChI=1S/C26H25FN4O2.2ClH/c1-17-18(6-5-9-20(17)27)16-22-24(26(33)30-14-12-28-13-15-30)25-21(10-11-23(32)29-25)31(22)19-7-3-2-4-8-19;;/h2-11,28H,12-16H2,1H3,(H,29,32);2*1H. The molecule has 4 aromatic rings. The number of fused-ring (bicyclic) bond motifs is 1. The lowest BCUT2D eigenvalue weighted by atomic mass is 10.0. The zero-order valence-electron chi connectivity index (χ0n) is 19.2. The first-order chi connectivity index (χ1) is 16.0. The van der Waals surface area contributed by atoms with Crippen LogP contribution in [0.5, 0.6) is 0 Å². The van der Waals surface area contributed by atoms with Crippen molar-refractivity contribution in [2.24, 2.45) is 0 Å². The first-order valence-corrected chi connectivity index (χ1v) is 11.1. The summed E-state index contributed by atoms with van der Waals surface area (Å²) in [5.41, 5.74) is 4.41. The van der Waals surface area contributed by atoms with Gasteiger partial charge in [-0.15, -0.1) is 24.8 Å². The van der Waals surface area contributed by atoms with Crippen molar-refractivity contribution in [1.82, 2.24) is 19.8 Å². The first-order valence-electron chi connectivity index (χ1n) is 11.1. The molecule has 2 aromatic carbocycles. The largest absolute Gasteiger partial charge is 0.336 e. The molecule has 6 nitrogen and oxygen atoms in total. The summed E-state index contributed by atoms with van der Waals surface area (Å²) in [5, 5.41) is 3.27. The molecule has 1 fully saturated rings. The van der Waals surface area contributed by atoms with Crippen molar-refractivity contribution in [2.75, 3.05) is 26.2 Å². The van der Waals surface area contributed by atoms with Crippen molar-refractivity contribution >= 4 is 41.8 Å². The number of benzene rings is 2. The summed E-state index contributed by atoms with van der Waals surface area (Å²) in [4.78, 5) is 30.8. The number of piperazine rings is 1. The van der Waals surface area contributed by atoms with E-state index in [1.54, 1.807) is 19.1 Å². The third kappa shape index (κ3) is 4.98. The number of para-hydroxylation sites is 1. The van der Waals surface area contributed by atoms with Crippen LogP contribution in [0, 0.1) is 12.7 Å². The van der Waals surface area contributed by atoms with Crippen LogP contribution in [-0.2, 0) is 6.42 Å². The molecule has 1 aliphatic rings. The van der Waals surface area contributed by atoms with Gasteiger partial charge in [0.05, 0.1) is 16.6 Å². The average Bonchev–Trinajstić information content (AvgIpc) is 3.15. The Bertz CT molecular complexity index is 1400. The van der Waals surface area contributed by atoms with Crippen molar-refractivity contribution in [3.8, 4) is 5.69 Å². The number of nitrogens with zero attached hydrogens (tertiary/aromatic N) is 2. The lowest BCUT2D eigenvalue weighted by Crippen LogP contribution is -2.46. The number of carbonyl (C=O) groups is 1. The van der Waals surface area contributed by atoms with Gasteiger partial charge in [0.15, 0.2) is 0 Å². The zero-order valence-corrected chi connectivity index (χ0v) is 20.8. The quantitative estimate of drug-likeness (QED) is 0.426. The first kappa shape index (κ1) is 26.5. The Hall–Kier alpha value is -3.13. The van der Waals surface area contributed by atoms with Crippen molar-refractivity contribution < 1.29 is 9.18 Å². The number of nitrogens with one attached hydrogen (secondary N) is 2. The Morgan fingerprint density at radius 3 is 2.40 bits per heavy atom. The maximum absolute atomic E-state index is 14.4. The van der Waals surface area contributed by atoms with E-state index in [0.29, 0.717) is 36.2 Å². The van der Waals surface area contributed by atoms with Crippen molar-refractivity contribution in [3.05, 3.63) is 99.2 Å². The molecule has 3 heterocycles. The van der Waals surface area contributed by atoms with Crippen LogP contribution >= 0.6 is 24.8 Å². The lowest BCUT2D eigenvalue weighted by molar-refractivity contribution is 0.0736. The number of halogens is 3. The summed E-state index contributed by atoms with van der Waals surface area (Å²) >= 11 is 0. The van der Waals surface area contributed by atoms with Gasteiger partial charge in [0.1, 0.15) is 5.82 Å². The molecule has 2 N–H and O–H groups in total. The second-order valence-electron chi connectivity index (χ2n) is 8.32. The minimum Gasteiger partial charge on any atom is -0.336 e. The summed E-state index contributed by atoms with van der Waals surface area (Å²) in [6, 6.07) is 18.0. The smallest absolute Gasteiger partial charge is 0.257 e. The molecule has 0 unspecified atom stereocenters. The second-order valence-corrected chi connectivity index (χ2v) is 8.32. The fourth-order valence-corrected chi connectivity index (χ4v) is 4.57. The molecule has 1 aliphatic heterocycles. The molecular weight excluding hydrogens is 490 g/mol. The average molecular weight is 517 g/mol. The number of hydrogen-bond donors (Lipinski definition) is 2. The van der Waals surface area contributed by atoms with Gasteiger partial charge in [-0.25, -0.2) is 4.39 Å². The fraction of sp³-hybridized carbons (Fsp3) is 0.231. The van der Waals surface area contributed by atoms with Crippen LogP contribution in [0.4, 0.5) is 4.39 Å². The third-order valence-electron chi connectivity index (χ3n) is 6.32. The minimum absolute atomic E-state index is 0. The van der Waals surface area contributed by atoms with E-state index >= 15 is 0 Å². The predicted molar refractivity (Wildman–Crippen MR) is 141 cm³/mol. The molecule has 0 radical (unpaired) electrons. The molecule has 1 amide bonds. The number of rotatable bonds is 4. The van der Waals surface area contributed by atoms with Crippen molar-refractivity contribution in [3.63, 3.8) is 0 Å². The molecule has 1 saturated heterocycles. The summed E-state index contributed by atoms with van der Waals surface area (Å²) in [5.74, 6) is -0.402. The number of aromatic amines is 1. The van der Waals surface area contributed by atoms with Crippen LogP contribution in [0.15, 0.2) is 65.5 Å². The second kappa shape index (κ2) is 11.1. The Morgan fingerprint density at radius 1 is 0.971 bits per heavy atom. The van der Waals surface area contributed by atoms with E-state index in [1.165, 1.54) is 12.1 Å². The van der Waals surface area contributed by atoms with Crippen molar-refractivity contribution in [1.29, 1.82) is 0 Å². The monoisotopic (exact) mass is 516 g/mol. The Kier molecular flexibility index (Phi) is 8.38. The summed E-state index contributed by atoms with van der Waals surface area (Å²) in [6.45, 7) is 4.37. The van der Waals surface area contributed by atoms with Crippen LogP contribution < -0.4 is 10.9 Å². The van der Waals surface area contributed by atoms with Gasteiger partial charge in [-0.1, -0.05) is 30.3 Å². The number of H-pyrrole nitrogens is 1. The number of aromatic nitrogens is 2. The van der Waals surface area contributed by atoms with Crippen LogP contribution in [0.2, 0.25) is 0 Å². The summed E-state index contributed by atoms with van der Waals surface area (Å²) < 4.78 is 16.4. The number of carbonyl (C=O) groups excluding carboxylic acids is 1. The SMILES string of the molecule is Cc1c(F)cccc1Cc1c(C(=O)N2CCNCC2)c2[nH]c(=O)ccc2n1-c1ccccc1.Cl.Cl. The highest BCUT2D eigenvalue weighted by molar-refractivity contribution is 6.07. The maximum atomic E-state index is 14.4. The van der Waals surface area contributed by atoms with E-state index in [2.05, 4.69) is 10.3 Å². The molecule has 5 rings (SSSR count). The highest BCUT2D eigenvalue weighted by atomic mass is 35.5. The third-order valence-corrected chi connectivity index (χ3v) is 6.32. The molecule has 0 spiro atoms. The van der Waals surface area contributed by atoms with E-state index < -0.39 is 0 Å². The number of pyridine rings is 1. The Morgan fingerprint density at radius 2 is 1.69 bits per heavy atom. The predicted octanol–water partition coefficient (Wildman–Crippen LogP) is 4.25. The van der Waals surface area contributed by atoms with Gasteiger partial charge < -0.3 is 19.8 Å². The van der Waals surface area contributed by atoms with E-state index in [9.17, 15) is 14.0 Å². The highest BCUT2D eigenvalue weighted by Crippen LogP contribution is 2.31. The molecule has 184 valence electrons. The van der Waals surface area contributed by atoms with Crippen molar-refractivity contribution in [2.45, 2.75) is 13.3 Å². The van der Waals surface area contributed by atoms with Crippen LogP contribution in [-0.4, -0.2) is 46.5 Å². The summed E-state index contributed by atoms with van der Waals surface area (Å²) in [7, 11) is 0. The Balaban J connectivity index is 0.00000171. The van der Waals surface area contributed by atoms with Gasteiger partial charge in [-0.3, -0.25) is 9.59 Å². The molecule has 0 atom stereocenters. The van der Waals surface area contributed by atoms with Crippen LogP contribution in [0.25, 0.3) is 16.7 Å². The van der Waals surface area contributed by atoms with E-state index in [-0.39, 0.29) is 42.1 Å². The van der Waals surface area contributed by atoms with E-state index in [0.717, 1.165) is 35.6 Å². The van der Waals surface area contributed by atoms with Gasteiger partial charge in [-0.2, -0.15) is 0 Å². The van der Waals surface area contributed by atoms with Gasteiger partial charge in [0.2, 0.25) is 5.56 Å². The van der Waals surface area contributed by atoms with Crippen LogP contribution in [0.3, 0.4) is 0 Å². The maximum Gasteiger partial charge on any atom is 0.257 e. The lowest BCUT2D eigenvalue weighted by Gasteiger charge is -2.27. The molecule has 0 bridgehead atoms. The molecular formula is C26H27Cl2FN4O2. The Labute approximate surface area is 215 Å². The molecule has 0 aliphatic carbocycles. The zero-order chi connectivity index (χ0) is 22.9. The minimum atomic E-state index is -0.279. The highest BCUT2D eigenvalue weighted by Gasteiger charge is 2.29. The van der Waals surface area contributed by atoms with Crippen LogP contribution in [0.1, 0.15) is 27.2 Å². The molecule has 2 aromatic heterocycles. The number of amides is 1. The molecule has 9 heteroatoms. The van der Waals surface area contributed by atoms with Gasteiger partial charge in [0, 0.05) is 50.0 Å². The number of hydrogen-bond acceptors (Lipinski definition) is 3.